The molecule has 0 unspecified atom stereocenters. The van der Waals surface area contributed by atoms with E-state index >= 15 is 0 Å². The maximum atomic E-state index is 12.2. The monoisotopic (exact) mass is 409 g/mol. The summed E-state index contributed by atoms with van der Waals surface area (Å²) in [6.07, 6.45) is 0.776. The molecular weight excluding hydrogens is 382 g/mol. The first-order valence-electron chi connectivity index (χ1n) is 9.55. The summed E-state index contributed by atoms with van der Waals surface area (Å²) in [5.41, 5.74) is 0.263. The second-order valence-corrected chi connectivity index (χ2v) is 6.76. The van der Waals surface area contributed by atoms with Gasteiger partial charge in [-0.15, -0.1) is 0 Å². The lowest BCUT2D eigenvalue weighted by Gasteiger charge is -2.28. The van der Waals surface area contributed by atoms with Crippen molar-refractivity contribution in [3.8, 4) is 0 Å². The Morgan fingerprint density at radius 2 is 2.03 bits per heavy atom. The van der Waals surface area contributed by atoms with Crippen LogP contribution in [-0.2, 0) is 19.0 Å². The SMILES string of the molecule is CC(C)OCCCNC(=O)COC(=O)c1ccc(N2CCOCC2)c([N+](=O)[O-])c1. The van der Waals surface area contributed by atoms with E-state index in [0.29, 0.717) is 51.6 Å². The molecule has 0 spiro atoms. The Balaban J connectivity index is 1.87. The van der Waals surface area contributed by atoms with Crippen molar-refractivity contribution >= 4 is 23.3 Å². The Morgan fingerprint density at radius 3 is 2.69 bits per heavy atom. The van der Waals surface area contributed by atoms with Crippen molar-refractivity contribution in [3.63, 3.8) is 0 Å². The van der Waals surface area contributed by atoms with Crippen LogP contribution in [0.2, 0.25) is 0 Å². The van der Waals surface area contributed by atoms with Crippen molar-refractivity contribution in [2.75, 3.05) is 51.0 Å². The second kappa shape index (κ2) is 11.3. The summed E-state index contributed by atoms with van der Waals surface area (Å²) in [5.74, 6) is -1.23. The van der Waals surface area contributed by atoms with Gasteiger partial charge in [0.2, 0.25) is 0 Å². The van der Waals surface area contributed by atoms with Gasteiger partial charge in [0.15, 0.2) is 6.61 Å². The first-order valence-corrected chi connectivity index (χ1v) is 9.55. The summed E-state index contributed by atoms with van der Waals surface area (Å²) in [6.45, 7) is 6.37. The van der Waals surface area contributed by atoms with Crippen molar-refractivity contribution in [1.29, 1.82) is 0 Å². The van der Waals surface area contributed by atoms with Crippen molar-refractivity contribution in [2.45, 2.75) is 26.4 Å². The zero-order chi connectivity index (χ0) is 21.2. The molecule has 0 aromatic heterocycles. The first kappa shape index (κ1) is 22.6. The minimum Gasteiger partial charge on any atom is -0.452 e. The average Bonchev–Trinajstić information content (AvgIpc) is 2.71. The van der Waals surface area contributed by atoms with E-state index in [1.165, 1.54) is 18.2 Å². The number of nitrogens with zero attached hydrogens (tertiary/aromatic N) is 2. The molecule has 160 valence electrons. The number of hydrogen-bond acceptors (Lipinski definition) is 8. The topological polar surface area (TPSA) is 120 Å². The van der Waals surface area contributed by atoms with Gasteiger partial charge in [-0.25, -0.2) is 4.79 Å². The number of nitro groups is 1. The lowest BCUT2D eigenvalue weighted by molar-refractivity contribution is -0.384. The van der Waals surface area contributed by atoms with Crippen LogP contribution >= 0.6 is 0 Å². The van der Waals surface area contributed by atoms with Crippen LogP contribution in [0.15, 0.2) is 18.2 Å². The molecule has 0 bridgehead atoms. The van der Waals surface area contributed by atoms with E-state index < -0.39 is 23.4 Å². The van der Waals surface area contributed by atoms with Crippen molar-refractivity contribution in [1.82, 2.24) is 5.32 Å². The molecule has 29 heavy (non-hydrogen) atoms. The zero-order valence-corrected chi connectivity index (χ0v) is 16.7. The number of ether oxygens (including phenoxy) is 3. The van der Waals surface area contributed by atoms with E-state index in [1.54, 1.807) is 0 Å². The van der Waals surface area contributed by atoms with Gasteiger partial charge in [0.25, 0.3) is 11.6 Å². The number of hydrogen-bond donors (Lipinski definition) is 1. The van der Waals surface area contributed by atoms with Gasteiger partial charge in [-0.05, 0) is 32.4 Å². The van der Waals surface area contributed by atoms with E-state index in [2.05, 4.69) is 5.32 Å². The van der Waals surface area contributed by atoms with Crippen molar-refractivity contribution in [2.24, 2.45) is 0 Å². The maximum Gasteiger partial charge on any atom is 0.338 e. The van der Waals surface area contributed by atoms with Gasteiger partial charge in [-0.1, -0.05) is 0 Å². The smallest absolute Gasteiger partial charge is 0.338 e. The highest BCUT2D eigenvalue weighted by Gasteiger charge is 2.24. The van der Waals surface area contributed by atoms with Crippen molar-refractivity contribution in [3.05, 3.63) is 33.9 Å². The normalized spacial score (nSPS) is 14.0. The molecule has 1 heterocycles. The molecule has 0 radical (unpaired) electrons. The zero-order valence-electron chi connectivity index (χ0n) is 16.7. The molecule has 1 fully saturated rings. The number of anilines is 1. The molecule has 1 aliphatic rings. The molecule has 1 aromatic carbocycles. The summed E-state index contributed by atoms with van der Waals surface area (Å²) in [7, 11) is 0. The Labute approximate surface area is 169 Å². The molecule has 1 N–H and O–H groups in total. The lowest BCUT2D eigenvalue weighted by atomic mass is 10.1. The average molecular weight is 409 g/mol. The second-order valence-electron chi connectivity index (χ2n) is 6.76. The molecule has 1 saturated heterocycles. The van der Waals surface area contributed by atoms with Crippen LogP contribution in [0.1, 0.15) is 30.6 Å². The van der Waals surface area contributed by atoms with Gasteiger partial charge in [0.05, 0.1) is 29.8 Å². The number of carbonyl (C=O) groups is 2. The number of nitrogens with one attached hydrogen (secondary N) is 1. The van der Waals surface area contributed by atoms with Crippen LogP contribution in [-0.4, -0.2) is 69.0 Å². The number of rotatable bonds is 10. The molecule has 10 nitrogen and oxygen atoms in total. The highest BCUT2D eigenvalue weighted by atomic mass is 16.6. The predicted molar refractivity (Wildman–Crippen MR) is 105 cm³/mol. The molecule has 1 amide bonds. The molecular formula is C19H27N3O7. The maximum absolute atomic E-state index is 12.2. The molecule has 0 saturated carbocycles. The Hall–Kier alpha value is -2.72. The van der Waals surface area contributed by atoms with Gasteiger partial charge in [-0.2, -0.15) is 0 Å². The highest BCUT2D eigenvalue weighted by molar-refractivity contribution is 5.93. The minimum absolute atomic E-state index is 0.0202. The first-order chi connectivity index (χ1) is 13.9. The van der Waals surface area contributed by atoms with E-state index in [-0.39, 0.29) is 17.4 Å². The highest BCUT2D eigenvalue weighted by Crippen LogP contribution is 2.30. The number of esters is 1. The fraction of sp³-hybridized carbons (Fsp3) is 0.579. The summed E-state index contributed by atoms with van der Waals surface area (Å²) < 4.78 is 15.6. The van der Waals surface area contributed by atoms with Gasteiger partial charge in [-0.3, -0.25) is 14.9 Å². The molecule has 0 atom stereocenters. The minimum atomic E-state index is -0.792. The fourth-order valence-electron chi connectivity index (χ4n) is 2.75. The van der Waals surface area contributed by atoms with Gasteiger partial charge >= 0.3 is 5.97 Å². The van der Waals surface area contributed by atoms with E-state index in [9.17, 15) is 19.7 Å². The molecule has 0 aliphatic carbocycles. The third-order valence-corrected chi connectivity index (χ3v) is 4.19. The van der Waals surface area contributed by atoms with E-state index in [1.807, 2.05) is 18.7 Å². The van der Waals surface area contributed by atoms with Crippen LogP contribution in [0.5, 0.6) is 0 Å². The summed E-state index contributed by atoms with van der Waals surface area (Å²) in [4.78, 5) is 36.7. The quantitative estimate of drug-likeness (QED) is 0.267. The van der Waals surface area contributed by atoms with Gasteiger partial charge in [0.1, 0.15) is 5.69 Å². The van der Waals surface area contributed by atoms with Gasteiger partial charge in [0, 0.05) is 32.3 Å². The standard InChI is InChI=1S/C19H27N3O7/c1-14(2)28-9-3-6-20-18(23)13-29-19(24)15-4-5-16(17(12-15)22(25)26)21-7-10-27-11-8-21/h4-5,12,14H,3,6-11,13H2,1-2H3,(H,20,23). The Bertz CT molecular complexity index is 718. The van der Waals surface area contributed by atoms with E-state index in [0.717, 1.165) is 0 Å². The van der Waals surface area contributed by atoms with Gasteiger partial charge < -0.3 is 24.4 Å². The third-order valence-electron chi connectivity index (χ3n) is 4.19. The summed E-state index contributed by atoms with van der Waals surface area (Å²) in [5, 5.41) is 14.1. The fourth-order valence-corrected chi connectivity index (χ4v) is 2.75. The number of amides is 1. The molecule has 2 rings (SSSR count). The predicted octanol–water partition coefficient (Wildman–Crippen LogP) is 1.52. The Morgan fingerprint density at radius 1 is 1.31 bits per heavy atom. The van der Waals surface area contributed by atoms with Crippen LogP contribution in [0.3, 0.4) is 0 Å². The van der Waals surface area contributed by atoms with Crippen LogP contribution in [0.4, 0.5) is 11.4 Å². The van der Waals surface area contributed by atoms with Crippen LogP contribution < -0.4 is 10.2 Å². The molecule has 1 aliphatic heterocycles. The Kier molecular flexibility index (Phi) is 8.81. The third kappa shape index (κ3) is 7.31. The molecule has 1 aromatic rings. The summed E-state index contributed by atoms with van der Waals surface area (Å²) >= 11 is 0. The largest absolute Gasteiger partial charge is 0.452 e. The molecule has 10 heteroatoms. The number of carbonyl (C=O) groups excluding carboxylic acids is 2. The lowest BCUT2D eigenvalue weighted by Crippen LogP contribution is -2.36. The van der Waals surface area contributed by atoms with Crippen LogP contribution in [0, 0.1) is 10.1 Å². The van der Waals surface area contributed by atoms with Crippen LogP contribution in [0.25, 0.3) is 0 Å². The number of nitro benzene ring substituents is 1. The van der Waals surface area contributed by atoms with E-state index in [4.69, 9.17) is 14.2 Å². The number of morpholine rings is 1. The summed E-state index contributed by atoms with van der Waals surface area (Å²) in [6, 6.07) is 4.16. The van der Waals surface area contributed by atoms with Crippen molar-refractivity contribution < 1.29 is 28.7 Å². The number of benzene rings is 1.